The summed E-state index contributed by atoms with van der Waals surface area (Å²) >= 11 is 12.1. The second kappa shape index (κ2) is 5.92. The van der Waals surface area contributed by atoms with Crippen LogP contribution >= 0.6 is 23.2 Å². The minimum absolute atomic E-state index is 0.242. The molecule has 0 radical (unpaired) electrons. The van der Waals surface area contributed by atoms with Gasteiger partial charge in [0, 0.05) is 17.3 Å². The van der Waals surface area contributed by atoms with Crippen molar-refractivity contribution in [1.82, 2.24) is 0 Å². The fraction of sp³-hybridized carbons (Fsp3) is 0.200. The number of hydrogen-bond acceptors (Lipinski definition) is 4. The summed E-state index contributed by atoms with van der Waals surface area (Å²) in [6.45, 7) is 1.29. The number of hydrogen-bond donors (Lipinski definition) is 1. The third kappa shape index (κ3) is 2.96. The van der Waals surface area contributed by atoms with E-state index in [1.54, 1.807) is 24.3 Å². The van der Waals surface area contributed by atoms with Crippen LogP contribution in [0.1, 0.15) is 5.56 Å². The Morgan fingerprint density at radius 2 is 1.67 bits per heavy atom. The van der Waals surface area contributed by atoms with Crippen molar-refractivity contribution in [3.63, 3.8) is 0 Å². The Hall–Kier alpha value is -1.78. The van der Waals surface area contributed by atoms with E-state index in [2.05, 4.69) is 0 Å². The van der Waals surface area contributed by atoms with Crippen LogP contribution in [0.3, 0.4) is 0 Å². The Bertz CT molecular complexity index is 656. The molecule has 1 aliphatic heterocycles. The molecular weight excluding hydrogens is 313 g/mol. The highest BCUT2D eigenvalue weighted by molar-refractivity contribution is 6.37. The van der Waals surface area contributed by atoms with Crippen LogP contribution in [-0.2, 0) is 6.61 Å². The molecule has 0 bridgehead atoms. The Morgan fingerprint density at radius 3 is 2.33 bits per heavy atom. The van der Waals surface area contributed by atoms with Gasteiger partial charge in [-0.25, -0.2) is 0 Å². The summed E-state index contributed by atoms with van der Waals surface area (Å²) in [5, 5.41) is 0.914. The van der Waals surface area contributed by atoms with Crippen molar-refractivity contribution in [3.8, 4) is 17.2 Å². The summed E-state index contributed by atoms with van der Waals surface area (Å²) < 4.78 is 16.7. The molecule has 0 spiro atoms. The standard InChI is InChI=1S/C15H13Cl2NO3/c16-10-2-1-3-11(17)15(10)21-8-9-6-13-14(7-12(9)18)20-5-4-19-13/h1-3,6-7H,4-5,8,18H2. The van der Waals surface area contributed by atoms with Crippen molar-refractivity contribution in [3.05, 3.63) is 45.9 Å². The topological polar surface area (TPSA) is 53.7 Å². The molecule has 1 heterocycles. The second-order valence-corrected chi connectivity index (χ2v) is 5.35. The lowest BCUT2D eigenvalue weighted by atomic mass is 10.1. The average molecular weight is 326 g/mol. The van der Waals surface area contributed by atoms with Crippen molar-refractivity contribution in [1.29, 1.82) is 0 Å². The van der Waals surface area contributed by atoms with Crippen LogP contribution in [0.5, 0.6) is 17.2 Å². The number of para-hydroxylation sites is 1. The number of halogens is 2. The molecule has 21 heavy (non-hydrogen) atoms. The number of nitrogen functional groups attached to an aromatic ring is 1. The van der Waals surface area contributed by atoms with Gasteiger partial charge in [0.2, 0.25) is 0 Å². The molecule has 0 fully saturated rings. The molecular formula is C15H13Cl2NO3. The number of nitrogens with two attached hydrogens (primary N) is 1. The van der Waals surface area contributed by atoms with E-state index < -0.39 is 0 Å². The quantitative estimate of drug-likeness (QED) is 0.869. The smallest absolute Gasteiger partial charge is 0.163 e. The summed E-state index contributed by atoms with van der Waals surface area (Å²) in [6, 6.07) is 8.75. The second-order valence-electron chi connectivity index (χ2n) is 4.53. The minimum atomic E-state index is 0.242. The molecule has 6 heteroatoms. The van der Waals surface area contributed by atoms with Gasteiger partial charge in [0.25, 0.3) is 0 Å². The van der Waals surface area contributed by atoms with Crippen LogP contribution in [0, 0.1) is 0 Å². The molecule has 0 aromatic heterocycles. The van der Waals surface area contributed by atoms with Crippen LogP contribution in [-0.4, -0.2) is 13.2 Å². The normalized spacial score (nSPS) is 13.0. The fourth-order valence-electron chi connectivity index (χ4n) is 2.04. The van der Waals surface area contributed by atoms with Crippen LogP contribution in [0.2, 0.25) is 10.0 Å². The van der Waals surface area contributed by atoms with E-state index in [-0.39, 0.29) is 6.61 Å². The number of rotatable bonds is 3. The number of fused-ring (bicyclic) bond motifs is 1. The number of ether oxygens (including phenoxy) is 3. The van der Waals surface area contributed by atoms with E-state index >= 15 is 0 Å². The maximum Gasteiger partial charge on any atom is 0.163 e. The molecule has 0 saturated heterocycles. The Morgan fingerprint density at radius 1 is 1.05 bits per heavy atom. The van der Waals surface area contributed by atoms with Crippen LogP contribution in [0.25, 0.3) is 0 Å². The molecule has 2 aromatic rings. The molecule has 3 rings (SSSR count). The van der Waals surface area contributed by atoms with Crippen molar-refractivity contribution >= 4 is 28.9 Å². The summed E-state index contributed by atoms with van der Waals surface area (Å²) in [4.78, 5) is 0. The van der Waals surface area contributed by atoms with E-state index in [1.165, 1.54) is 0 Å². The summed E-state index contributed by atoms with van der Waals surface area (Å²) in [6.07, 6.45) is 0. The molecule has 110 valence electrons. The zero-order valence-corrected chi connectivity index (χ0v) is 12.6. The van der Waals surface area contributed by atoms with Crippen LogP contribution in [0.15, 0.2) is 30.3 Å². The first-order valence-electron chi connectivity index (χ1n) is 6.40. The summed E-state index contributed by atoms with van der Waals surface area (Å²) in [5.74, 6) is 1.76. The van der Waals surface area contributed by atoms with Crippen molar-refractivity contribution in [2.24, 2.45) is 0 Å². The minimum Gasteiger partial charge on any atom is -0.486 e. The Balaban J connectivity index is 1.82. The SMILES string of the molecule is Nc1cc2c(cc1COc1c(Cl)cccc1Cl)OCCO2. The van der Waals surface area contributed by atoms with Gasteiger partial charge in [0.1, 0.15) is 19.8 Å². The first kappa shape index (κ1) is 14.2. The van der Waals surface area contributed by atoms with Gasteiger partial charge < -0.3 is 19.9 Å². The van der Waals surface area contributed by atoms with Crippen LogP contribution in [0.4, 0.5) is 5.69 Å². The highest BCUT2D eigenvalue weighted by atomic mass is 35.5. The molecule has 1 aliphatic rings. The van der Waals surface area contributed by atoms with E-state index in [9.17, 15) is 0 Å². The molecule has 0 aliphatic carbocycles. The van der Waals surface area contributed by atoms with E-state index in [1.807, 2.05) is 6.07 Å². The molecule has 0 atom stereocenters. The first-order chi connectivity index (χ1) is 10.1. The zero-order valence-electron chi connectivity index (χ0n) is 11.1. The van der Waals surface area contributed by atoms with Crippen molar-refractivity contribution < 1.29 is 14.2 Å². The van der Waals surface area contributed by atoms with Crippen LogP contribution < -0.4 is 19.9 Å². The lowest BCUT2D eigenvalue weighted by molar-refractivity contribution is 0.171. The van der Waals surface area contributed by atoms with Gasteiger partial charge in [0.05, 0.1) is 10.0 Å². The summed E-state index contributed by atoms with van der Waals surface area (Å²) in [5.41, 5.74) is 7.36. The van der Waals surface area contributed by atoms with Gasteiger partial charge in [0.15, 0.2) is 17.2 Å². The molecule has 0 unspecified atom stereocenters. The largest absolute Gasteiger partial charge is 0.486 e. The van der Waals surface area contributed by atoms with E-state index in [0.717, 1.165) is 5.56 Å². The first-order valence-corrected chi connectivity index (χ1v) is 7.15. The molecule has 0 amide bonds. The van der Waals surface area contributed by atoms with E-state index in [0.29, 0.717) is 46.2 Å². The third-order valence-corrected chi connectivity index (χ3v) is 3.69. The molecule has 2 aromatic carbocycles. The molecule has 4 nitrogen and oxygen atoms in total. The summed E-state index contributed by atoms with van der Waals surface area (Å²) in [7, 11) is 0. The lowest BCUT2D eigenvalue weighted by Gasteiger charge is -2.20. The predicted octanol–water partition coefficient (Wildman–Crippen LogP) is 3.93. The van der Waals surface area contributed by atoms with Gasteiger partial charge in [-0.15, -0.1) is 0 Å². The maximum atomic E-state index is 6.07. The zero-order chi connectivity index (χ0) is 14.8. The van der Waals surface area contributed by atoms with E-state index in [4.69, 9.17) is 43.1 Å². The van der Waals surface area contributed by atoms with Crippen molar-refractivity contribution in [2.75, 3.05) is 18.9 Å². The number of anilines is 1. The Kier molecular flexibility index (Phi) is 3.99. The van der Waals surface area contributed by atoms with Crippen molar-refractivity contribution in [2.45, 2.75) is 6.61 Å². The lowest BCUT2D eigenvalue weighted by Crippen LogP contribution is -2.16. The fourth-order valence-corrected chi connectivity index (χ4v) is 2.55. The van der Waals surface area contributed by atoms with Gasteiger partial charge in [-0.2, -0.15) is 0 Å². The molecule has 2 N–H and O–H groups in total. The predicted molar refractivity (Wildman–Crippen MR) is 82.6 cm³/mol. The molecule has 0 saturated carbocycles. The Labute approximate surface area is 132 Å². The highest BCUT2D eigenvalue weighted by Gasteiger charge is 2.15. The van der Waals surface area contributed by atoms with Gasteiger partial charge in [-0.1, -0.05) is 29.3 Å². The monoisotopic (exact) mass is 325 g/mol. The maximum absolute atomic E-state index is 6.07. The van der Waals surface area contributed by atoms with Gasteiger partial charge in [-0.3, -0.25) is 0 Å². The number of benzene rings is 2. The third-order valence-electron chi connectivity index (χ3n) is 3.09. The van der Waals surface area contributed by atoms with Gasteiger partial charge in [-0.05, 0) is 18.2 Å². The van der Waals surface area contributed by atoms with Gasteiger partial charge >= 0.3 is 0 Å². The average Bonchev–Trinajstić information content (AvgIpc) is 2.47. The highest BCUT2D eigenvalue weighted by Crippen LogP contribution is 2.36.